The summed E-state index contributed by atoms with van der Waals surface area (Å²) in [5.74, 6) is -0.705. The van der Waals surface area contributed by atoms with Crippen LogP contribution in [0.1, 0.15) is 45.0 Å². The van der Waals surface area contributed by atoms with Crippen LogP contribution in [0.3, 0.4) is 0 Å². The molecular formula is C17H20N2O3S. The van der Waals surface area contributed by atoms with Crippen LogP contribution in [0.4, 0.5) is 10.7 Å². The Morgan fingerprint density at radius 2 is 2.04 bits per heavy atom. The molecule has 0 unspecified atom stereocenters. The van der Waals surface area contributed by atoms with Crippen LogP contribution in [0.15, 0.2) is 24.3 Å². The van der Waals surface area contributed by atoms with E-state index < -0.39 is 5.97 Å². The third kappa shape index (κ3) is 3.71. The van der Waals surface area contributed by atoms with Gasteiger partial charge in [0.1, 0.15) is 5.00 Å². The first-order chi connectivity index (χ1) is 11.0. The van der Waals surface area contributed by atoms with Crippen LogP contribution in [-0.4, -0.2) is 18.5 Å². The highest BCUT2D eigenvalue weighted by Crippen LogP contribution is 2.34. The number of aryl methyl sites for hydroxylation is 1. The lowest BCUT2D eigenvalue weighted by Crippen LogP contribution is -2.15. The van der Waals surface area contributed by atoms with E-state index in [2.05, 4.69) is 5.32 Å². The normalized spacial score (nSPS) is 10.4. The first-order valence-electron chi connectivity index (χ1n) is 7.44. The van der Waals surface area contributed by atoms with Crippen LogP contribution in [0.5, 0.6) is 0 Å². The summed E-state index contributed by atoms with van der Waals surface area (Å²) in [7, 11) is 0. The van der Waals surface area contributed by atoms with Crippen molar-refractivity contribution in [2.45, 2.75) is 27.2 Å². The van der Waals surface area contributed by atoms with Crippen molar-refractivity contribution in [1.29, 1.82) is 0 Å². The van der Waals surface area contributed by atoms with E-state index in [1.54, 1.807) is 31.2 Å². The van der Waals surface area contributed by atoms with Gasteiger partial charge in [0.2, 0.25) is 0 Å². The predicted molar refractivity (Wildman–Crippen MR) is 93.2 cm³/mol. The zero-order valence-corrected chi connectivity index (χ0v) is 14.3. The fraction of sp³-hybridized carbons (Fsp3) is 0.294. The van der Waals surface area contributed by atoms with Crippen molar-refractivity contribution in [2.24, 2.45) is 0 Å². The molecule has 0 aliphatic rings. The van der Waals surface area contributed by atoms with Crippen molar-refractivity contribution >= 4 is 33.9 Å². The standard InChI is InChI=1S/C17H20N2O3S/c1-4-13-10(3)23-16(14(13)17(21)22-5-2)19-15(20)11-7-6-8-12(18)9-11/h6-9H,4-5,18H2,1-3H3,(H,19,20). The molecule has 0 bridgehead atoms. The highest BCUT2D eigenvalue weighted by atomic mass is 32.1. The third-order valence-corrected chi connectivity index (χ3v) is 4.48. The molecule has 6 heteroatoms. The smallest absolute Gasteiger partial charge is 0.341 e. The number of thiophene rings is 1. The van der Waals surface area contributed by atoms with Gasteiger partial charge in [0, 0.05) is 16.1 Å². The number of nitrogens with two attached hydrogens (primary N) is 1. The second-order valence-electron chi connectivity index (χ2n) is 4.99. The van der Waals surface area contributed by atoms with E-state index in [0.717, 1.165) is 10.4 Å². The van der Waals surface area contributed by atoms with Gasteiger partial charge in [0.15, 0.2) is 0 Å². The Kier molecular flexibility index (Phi) is 5.39. The summed E-state index contributed by atoms with van der Waals surface area (Å²) in [6.07, 6.45) is 0.699. The molecule has 0 saturated carbocycles. The quantitative estimate of drug-likeness (QED) is 0.647. The number of carbonyl (C=O) groups is 2. The van der Waals surface area contributed by atoms with Crippen molar-refractivity contribution in [1.82, 2.24) is 0 Å². The number of hydrogen-bond acceptors (Lipinski definition) is 5. The van der Waals surface area contributed by atoms with Crippen molar-refractivity contribution < 1.29 is 14.3 Å². The lowest BCUT2D eigenvalue weighted by molar-refractivity contribution is 0.0527. The Hall–Kier alpha value is -2.34. The number of benzene rings is 1. The fourth-order valence-corrected chi connectivity index (χ4v) is 3.49. The molecule has 2 rings (SSSR count). The first kappa shape index (κ1) is 17.0. The number of amides is 1. The molecule has 0 fully saturated rings. The zero-order valence-electron chi connectivity index (χ0n) is 13.4. The molecule has 122 valence electrons. The maximum Gasteiger partial charge on any atom is 0.341 e. The lowest BCUT2D eigenvalue weighted by Gasteiger charge is -2.08. The molecule has 1 aromatic carbocycles. The Bertz CT molecular complexity index is 737. The van der Waals surface area contributed by atoms with E-state index in [1.165, 1.54) is 11.3 Å². The Morgan fingerprint density at radius 1 is 1.30 bits per heavy atom. The molecule has 0 spiro atoms. The lowest BCUT2D eigenvalue weighted by atomic mass is 10.1. The number of anilines is 2. The van der Waals surface area contributed by atoms with E-state index in [1.807, 2.05) is 13.8 Å². The molecule has 1 aromatic heterocycles. The van der Waals surface area contributed by atoms with E-state index >= 15 is 0 Å². The van der Waals surface area contributed by atoms with Gasteiger partial charge in [-0.2, -0.15) is 0 Å². The van der Waals surface area contributed by atoms with Crippen LogP contribution in [-0.2, 0) is 11.2 Å². The van der Waals surface area contributed by atoms with Gasteiger partial charge < -0.3 is 15.8 Å². The highest BCUT2D eigenvalue weighted by molar-refractivity contribution is 7.16. The number of ether oxygens (including phenoxy) is 1. The summed E-state index contributed by atoms with van der Waals surface area (Å²) >= 11 is 1.38. The number of hydrogen-bond donors (Lipinski definition) is 2. The monoisotopic (exact) mass is 332 g/mol. The van der Waals surface area contributed by atoms with Gasteiger partial charge in [-0.15, -0.1) is 11.3 Å². The third-order valence-electron chi connectivity index (χ3n) is 3.42. The molecule has 0 aliphatic heterocycles. The molecular weight excluding hydrogens is 312 g/mol. The minimum absolute atomic E-state index is 0.291. The average molecular weight is 332 g/mol. The zero-order chi connectivity index (χ0) is 17.0. The average Bonchev–Trinajstić information content (AvgIpc) is 2.82. The van der Waals surface area contributed by atoms with Crippen molar-refractivity contribution in [2.75, 3.05) is 17.7 Å². The van der Waals surface area contributed by atoms with E-state index in [-0.39, 0.29) is 5.91 Å². The summed E-state index contributed by atoms with van der Waals surface area (Å²) in [5.41, 5.74) is 8.03. The maximum absolute atomic E-state index is 12.4. The molecule has 0 atom stereocenters. The Morgan fingerprint density at radius 3 is 2.65 bits per heavy atom. The second kappa shape index (κ2) is 7.28. The summed E-state index contributed by atoms with van der Waals surface area (Å²) in [4.78, 5) is 25.6. The van der Waals surface area contributed by atoms with E-state index in [4.69, 9.17) is 10.5 Å². The van der Waals surface area contributed by atoms with Gasteiger partial charge in [-0.25, -0.2) is 4.79 Å². The van der Waals surface area contributed by atoms with Crippen LogP contribution in [0, 0.1) is 6.92 Å². The fourth-order valence-electron chi connectivity index (χ4n) is 2.37. The predicted octanol–water partition coefficient (Wildman–Crippen LogP) is 3.63. The number of nitrogen functional groups attached to an aromatic ring is 1. The molecule has 0 aliphatic carbocycles. The van der Waals surface area contributed by atoms with E-state index in [0.29, 0.717) is 34.8 Å². The van der Waals surface area contributed by atoms with Gasteiger partial charge >= 0.3 is 5.97 Å². The highest BCUT2D eigenvalue weighted by Gasteiger charge is 2.23. The largest absolute Gasteiger partial charge is 0.462 e. The Labute approximate surface area is 139 Å². The minimum Gasteiger partial charge on any atom is -0.462 e. The summed E-state index contributed by atoms with van der Waals surface area (Å²) < 4.78 is 5.13. The maximum atomic E-state index is 12.4. The molecule has 23 heavy (non-hydrogen) atoms. The van der Waals surface area contributed by atoms with Crippen LogP contribution < -0.4 is 11.1 Å². The topological polar surface area (TPSA) is 81.4 Å². The van der Waals surface area contributed by atoms with Gasteiger partial charge in [-0.3, -0.25) is 4.79 Å². The van der Waals surface area contributed by atoms with Crippen molar-refractivity contribution in [3.05, 3.63) is 45.8 Å². The van der Waals surface area contributed by atoms with Gasteiger partial charge in [0.25, 0.3) is 5.91 Å². The SMILES string of the molecule is CCOC(=O)c1c(NC(=O)c2cccc(N)c2)sc(C)c1CC. The number of esters is 1. The van der Waals surface area contributed by atoms with Crippen LogP contribution in [0.2, 0.25) is 0 Å². The van der Waals surface area contributed by atoms with E-state index in [9.17, 15) is 9.59 Å². The summed E-state index contributed by atoms with van der Waals surface area (Å²) in [6, 6.07) is 6.70. The van der Waals surface area contributed by atoms with Gasteiger partial charge in [-0.1, -0.05) is 13.0 Å². The molecule has 0 radical (unpaired) electrons. The molecule has 5 nitrogen and oxygen atoms in total. The number of rotatable bonds is 5. The minimum atomic E-state index is -0.406. The number of carbonyl (C=O) groups excluding carboxylic acids is 2. The van der Waals surface area contributed by atoms with Gasteiger partial charge in [0.05, 0.1) is 12.2 Å². The number of nitrogens with one attached hydrogen (secondary N) is 1. The summed E-state index contributed by atoms with van der Waals surface area (Å²) in [6.45, 7) is 5.96. The Balaban J connectivity index is 2.36. The van der Waals surface area contributed by atoms with Crippen molar-refractivity contribution in [3.63, 3.8) is 0 Å². The molecule has 1 amide bonds. The molecule has 3 N–H and O–H groups in total. The van der Waals surface area contributed by atoms with Crippen molar-refractivity contribution in [3.8, 4) is 0 Å². The molecule has 1 heterocycles. The summed E-state index contributed by atoms with van der Waals surface area (Å²) in [5, 5.41) is 3.33. The molecule has 0 saturated heterocycles. The van der Waals surface area contributed by atoms with Crippen LogP contribution >= 0.6 is 11.3 Å². The second-order valence-corrected chi connectivity index (χ2v) is 6.22. The van der Waals surface area contributed by atoms with Gasteiger partial charge in [-0.05, 0) is 44.0 Å². The molecule has 2 aromatic rings. The first-order valence-corrected chi connectivity index (χ1v) is 8.25. The van der Waals surface area contributed by atoms with Crippen LogP contribution in [0.25, 0.3) is 0 Å².